The van der Waals surface area contributed by atoms with Crippen molar-refractivity contribution in [2.24, 2.45) is 0 Å². The Morgan fingerprint density at radius 3 is 2.03 bits per heavy atom. The first-order chi connectivity index (χ1) is 16.5. The summed E-state index contributed by atoms with van der Waals surface area (Å²) in [6.07, 6.45) is 4.10. The Morgan fingerprint density at radius 1 is 0.794 bits per heavy atom. The van der Waals surface area contributed by atoms with Gasteiger partial charge in [0, 0.05) is 33.7 Å². The Kier molecular flexibility index (Phi) is 7.53. The normalized spacial score (nSPS) is 17.6. The van der Waals surface area contributed by atoms with Crippen LogP contribution in [-0.4, -0.2) is 32.0 Å². The zero-order valence-corrected chi connectivity index (χ0v) is 20.1. The molecule has 0 spiro atoms. The highest BCUT2D eigenvalue weighted by molar-refractivity contribution is 6.30. The summed E-state index contributed by atoms with van der Waals surface area (Å²) in [6.45, 7) is 0. The van der Waals surface area contributed by atoms with Crippen LogP contribution in [0.4, 0.5) is 0 Å². The maximum Gasteiger partial charge on any atom is 0.251 e. The number of methoxy groups -OCH3 is 2. The van der Waals surface area contributed by atoms with Gasteiger partial charge in [0.05, 0.1) is 14.2 Å². The van der Waals surface area contributed by atoms with Gasteiger partial charge in [0.25, 0.3) is 5.91 Å². The lowest BCUT2D eigenvalue weighted by atomic mass is 9.79. The molecule has 3 aromatic rings. The van der Waals surface area contributed by atoms with Crippen molar-refractivity contribution in [1.82, 2.24) is 5.32 Å². The average Bonchev–Trinajstić information content (AvgIpc) is 2.88. The molecular formula is C28H28ClNO4. The molecule has 1 fully saturated rings. The van der Waals surface area contributed by atoms with E-state index in [-0.39, 0.29) is 23.7 Å². The van der Waals surface area contributed by atoms with E-state index in [4.69, 9.17) is 21.1 Å². The van der Waals surface area contributed by atoms with Gasteiger partial charge in [0.1, 0.15) is 0 Å². The van der Waals surface area contributed by atoms with Crippen LogP contribution in [0.1, 0.15) is 63.4 Å². The van der Waals surface area contributed by atoms with E-state index in [0.29, 0.717) is 33.2 Å². The highest BCUT2D eigenvalue weighted by Crippen LogP contribution is 2.37. The van der Waals surface area contributed by atoms with Crippen molar-refractivity contribution in [3.05, 3.63) is 94.0 Å². The maximum atomic E-state index is 13.0. The molecule has 2 unspecified atom stereocenters. The molecule has 5 nitrogen and oxygen atoms in total. The Balaban J connectivity index is 1.47. The first-order valence-corrected chi connectivity index (χ1v) is 11.8. The lowest BCUT2D eigenvalue weighted by Gasteiger charge is -2.33. The van der Waals surface area contributed by atoms with E-state index >= 15 is 0 Å². The maximum absolute atomic E-state index is 13.0. The third-order valence-corrected chi connectivity index (χ3v) is 6.69. The molecule has 3 aromatic carbocycles. The molecular weight excluding hydrogens is 450 g/mol. The monoisotopic (exact) mass is 477 g/mol. The standard InChI is InChI=1S/C28H28ClNO4/c1-33-25-16-13-21(17-26(25)34-2)23-5-3-4-6-24(23)30-28(32)20-9-7-18(8-10-20)27(31)19-11-14-22(29)15-12-19/h7-17,23-24H,3-6H2,1-2H3,(H,30,32). The summed E-state index contributed by atoms with van der Waals surface area (Å²) in [5, 5.41) is 3.81. The fraction of sp³-hybridized carbons (Fsp3) is 0.286. The number of hydrogen-bond acceptors (Lipinski definition) is 4. The molecule has 0 bridgehead atoms. The summed E-state index contributed by atoms with van der Waals surface area (Å²) < 4.78 is 10.8. The smallest absolute Gasteiger partial charge is 0.251 e. The van der Waals surface area contributed by atoms with Gasteiger partial charge in [0.15, 0.2) is 17.3 Å². The lowest BCUT2D eigenvalue weighted by Crippen LogP contribution is -2.41. The Hall–Kier alpha value is -3.31. The summed E-state index contributed by atoms with van der Waals surface area (Å²) in [6, 6.07) is 19.6. The fourth-order valence-corrected chi connectivity index (χ4v) is 4.70. The molecule has 1 amide bonds. The van der Waals surface area contributed by atoms with Gasteiger partial charge >= 0.3 is 0 Å². The van der Waals surface area contributed by atoms with Crippen LogP contribution in [0.5, 0.6) is 11.5 Å². The number of halogens is 1. The van der Waals surface area contributed by atoms with Crippen LogP contribution in [0, 0.1) is 0 Å². The highest BCUT2D eigenvalue weighted by Gasteiger charge is 2.29. The van der Waals surface area contributed by atoms with Crippen LogP contribution >= 0.6 is 11.6 Å². The summed E-state index contributed by atoms with van der Waals surface area (Å²) in [5.74, 6) is 1.34. The molecule has 0 saturated heterocycles. The van der Waals surface area contributed by atoms with Crippen LogP contribution < -0.4 is 14.8 Å². The van der Waals surface area contributed by atoms with Gasteiger partial charge in [-0.1, -0.05) is 42.6 Å². The molecule has 1 aliphatic carbocycles. The van der Waals surface area contributed by atoms with Gasteiger partial charge in [-0.25, -0.2) is 0 Å². The Morgan fingerprint density at radius 2 is 1.38 bits per heavy atom. The Bertz CT molecular complexity index is 1160. The number of ether oxygens (including phenoxy) is 2. The summed E-state index contributed by atoms with van der Waals surface area (Å²) >= 11 is 5.91. The second kappa shape index (κ2) is 10.7. The molecule has 1 aliphatic rings. The summed E-state index contributed by atoms with van der Waals surface area (Å²) in [7, 11) is 3.25. The van der Waals surface area contributed by atoms with E-state index in [1.54, 1.807) is 62.8 Å². The average molecular weight is 478 g/mol. The molecule has 1 saturated carbocycles. The van der Waals surface area contributed by atoms with Crippen molar-refractivity contribution >= 4 is 23.3 Å². The van der Waals surface area contributed by atoms with E-state index in [0.717, 1.165) is 31.2 Å². The van der Waals surface area contributed by atoms with Crippen molar-refractivity contribution in [2.45, 2.75) is 37.6 Å². The van der Waals surface area contributed by atoms with Crippen molar-refractivity contribution in [3.8, 4) is 11.5 Å². The van der Waals surface area contributed by atoms with E-state index in [9.17, 15) is 9.59 Å². The van der Waals surface area contributed by atoms with Crippen molar-refractivity contribution in [3.63, 3.8) is 0 Å². The van der Waals surface area contributed by atoms with Crippen LogP contribution in [0.25, 0.3) is 0 Å². The minimum absolute atomic E-state index is 0.0229. The fourth-order valence-electron chi connectivity index (χ4n) is 4.58. The molecule has 0 aromatic heterocycles. The van der Waals surface area contributed by atoms with Gasteiger partial charge in [-0.3, -0.25) is 9.59 Å². The number of amides is 1. The minimum Gasteiger partial charge on any atom is -0.493 e. The topological polar surface area (TPSA) is 64.6 Å². The largest absolute Gasteiger partial charge is 0.493 e. The molecule has 0 radical (unpaired) electrons. The van der Waals surface area contributed by atoms with Gasteiger partial charge < -0.3 is 14.8 Å². The zero-order valence-electron chi connectivity index (χ0n) is 19.3. The van der Waals surface area contributed by atoms with Crippen molar-refractivity contribution in [2.75, 3.05) is 14.2 Å². The second-order valence-corrected chi connectivity index (χ2v) is 8.94. The number of rotatable bonds is 7. The highest BCUT2D eigenvalue weighted by atomic mass is 35.5. The van der Waals surface area contributed by atoms with E-state index < -0.39 is 0 Å². The van der Waals surface area contributed by atoms with Crippen LogP contribution in [0.3, 0.4) is 0 Å². The third kappa shape index (κ3) is 5.26. The second-order valence-electron chi connectivity index (χ2n) is 8.50. The molecule has 0 aliphatic heterocycles. The predicted molar refractivity (Wildman–Crippen MR) is 133 cm³/mol. The van der Waals surface area contributed by atoms with Crippen LogP contribution in [0.15, 0.2) is 66.7 Å². The van der Waals surface area contributed by atoms with Crippen LogP contribution in [-0.2, 0) is 0 Å². The SMILES string of the molecule is COc1ccc(C2CCCCC2NC(=O)c2ccc(C(=O)c3ccc(Cl)cc3)cc2)cc1OC. The Labute approximate surface area is 205 Å². The van der Waals surface area contributed by atoms with Crippen molar-refractivity contribution in [1.29, 1.82) is 0 Å². The number of benzene rings is 3. The molecule has 34 heavy (non-hydrogen) atoms. The molecule has 6 heteroatoms. The molecule has 2 atom stereocenters. The van der Waals surface area contributed by atoms with Gasteiger partial charge in [-0.2, -0.15) is 0 Å². The van der Waals surface area contributed by atoms with Gasteiger partial charge in [-0.05, 0) is 66.9 Å². The number of nitrogens with one attached hydrogen (secondary N) is 1. The van der Waals surface area contributed by atoms with Crippen LogP contribution in [0.2, 0.25) is 5.02 Å². The molecule has 1 N–H and O–H groups in total. The minimum atomic E-state index is -0.136. The molecule has 4 rings (SSSR count). The molecule has 176 valence electrons. The van der Waals surface area contributed by atoms with Gasteiger partial charge in [-0.15, -0.1) is 0 Å². The summed E-state index contributed by atoms with van der Waals surface area (Å²) in [5.41, 5.74) is 2.75. The first-order valence-electron chi connectivity index (χ1n) is 11.4. The van der Waals surface area contributed by atoms with Gasteiger partial charge in [0.2, 0.25) is 0 Å². The number of ketones is 1. The summed E-state index contributed by atoms with van der Waals surface area (Å²) in [4.78, 5) is 25.7. The number of carbonyl (C=O) groups is 2. The zero-order chi connectivity index (χ0) is 24.1. The van der Waals surface area contributed by atoms with E-state index in [1.165, 1.54) is 0 Å². The number of hydrogen-bond donors (Lipinski definition) is 1. The first kappa shape index (κ1) is 23.8. The van der Waals surface area contributed by atoms with Crippen molar-refractivity contribution < 1.29 is 19.1 Å². The lowest BCUT2D eigenvalue weighted by molar-refractivity contribution is 0.0919. The van der Waals surface area contributed by atoms with E-state index in [1.807, 2.05) is 18.2 Å². The third-order valence-electron chi connectivity index (χ3n) is 6.43. The quantitative estimate of drug-likeness (QED) is 0.421. The molecule has 0 heterocycles. The van der Waals surface area contributed by atoms with E-state index in [2.05, 4.69) is 5.32 Å². The number of carbonyl (C=O) groups excluding carboxylic acids is 2. The predicted octanol–water partition coefficient (Wildman–Crippen LogP) is 6.04.